The molecule has 1 heterocycles. The van der Waals surface area contributed by atoms with E-state index in [4.69, 9.17) is 4.74 Å². The number of aryl methyl sites for hydroxylation is 1. The third kappa shape index (κ3) is 4.08. The van der Waals surface area contributed by atoms with Crippen LogP contribution in [0, 0.1) is 6.92 Å². The highest BCUT2D eigenvalue weighted by Gasteiger charge is 2.20. The summed E-state index contributed by atoms with van der Waals surface area (Å²) in [5.74, 6) is 0.978. The highest BCUT2D eigenvalue weighted by molar-refractivity contribution is 7.08. The lowest BCUT2D eigenvalue weighted by Crippen LogP contribution is -2.24. The Hall–Kier alpha value is -1.32. The third-order valence-corrected chi connectivity index (χ3v) is 4.28. The maximum absolute atomic E-state index is 6.01. The molecule has 1 N–H and O–H groups in total. The molecule has 0 aliphatic rings. The van der Waals surface area contributed by atoms with E-state index in [-0.39, 0.29) is 12.1 Å². The minimum absolute atomic E-state index is 0.182. The number of thiophene rings is 1. The van der Waals surface area contributed by atoms with E-state index in [0.29, 0.717) is 0 Å². The lowest BCUT2D eigenvalue weighted by molar-refractivity contribution is 0.238. The number of para-hydroxylation sites is 1. The first-order chi connectivity index (χ1) is 10.1. The van der Waals surface area contributed by atoms with Crippen LogP contribution in [0.3, 0.4) is 0 Å². The van der Waals surface area contributed by atoms with E-state index in [2.05, 4.69) is 62.0 Å². The molecule has 0 radical (unpaired) electrons. The van der Waals surface area contributed by atoms with Crippen molar-refractivity contribution in [1.82, 2.24) is 5.32 Å². The van der Waals surface area contributed by atoms with Gasteiger partial charge in [0.1, 0.15) is 5.75 Å². The van der Waals surface area contributed by atoms with Crippen LogP contribution in [0.15, 0.2) is 35.0 Å². The molecule has 0 amide bonds. The van der Waals surface area contributed by atoms with E-state index < -0.39 is 0 Å². The molecular formula is C18H25NOS. The number of hydrogen-bond donors (Lipinski definition) is 1. The molecule has 1 atom stereocenters. The summed E-state index contributed by atoms with van der Waals surface area (Å²) in [7, 11) is 0. The van der Waals surface area contributed by atoms with Gasteiger partial charge in [-0.1, -0.05) is 25.1 Å². The molecule has 21 heavy (non-hydrogen) atoms. The fourth-order valence-electron chi connectivity index (χ4n) is 2.42. The molecule has 0 aliphatic carbocycles. The van der Waals surface area contributed by atoms with Gasteiger partial charge in [-0.2, -0.15) is 11.3 Å². The highest BCUT2D eigenvalue weighted by atomic mass is 32.1. The maximum atomic E-state index is 6.01. The fraction of sp³-hybridized carbons (Fsp3) is 0.444. The van der Waals surface area contributed by atoms with Crippen molar-refractivity contribution < 1.29 is 4.74 Å². The normalized spacial score (nSPS) is 12.6. The van der Waals surface area contributed by atoms with Crippen LogP contribution in [0.4, 0.5) is 0 Å². The molecular weight excluding hydrogens is 278 g/mol. The number of hydrogen-bond acceptors (Lipinski definition) is 3. The minimum atomic E-state index is 0.182. The van der Waals surface area contributed by atoms with Gasteiger partial charge in [0.05, 0.1) is 12.1 Å². The third-order valence-electron chi connectivity index (χ3n) is 3.40. The predicted octanol–water partition coefficient (Wildman–Crippen LogP) is 4.93. The van der Waals surface area contributed by atoms with Crippen molar-refractivity contribution in [2.45, 2.75) is 46.3 Å². The van der Waals surface area contributed by atoms with Crippen molar-refractivity contribution in [1.29, 1.82) is 0 Å². The van der Waals surface area contributed by atoms with Crippen molar-refractivity contribution in [2.75, 3.05) is 6.54 Å². The fourth-order valence-corrected chi connectivity index (χ4v) is 3.30. The monoisotopic (exact) mass is 303 g/mol. The summed E-state index contributed by atoms with van der Waals surface area (Å²) >= 11 is 1.76. The largest absolute Gasteiger partial charge is 0.491 e. The topological polar surface area (TPSA) is 21.3 Å². The second kappa shape index (κ2) is 7.62. The van der Waals surface area contributed by atoms with Crippen molar-refractivity contribution in [3.05, 3.63) is 51.7 Å². The highest BCUT2D eigenvalue weighted by Crippen LogP contribution is 2.33. The van der Waals surface area contributed by atoms with Gasteiger partial charge in [-0.25, -0.2) is 0 Å². The lowest BCUT2D eigenvalue weighted by atomic mass is 9.97. The molecule has 3 heteroatoms. The molecule has 0 saturated heterocycles. The summed E-state index contributed by atoms with van der Waals surface area (Å²) in [6.07, 6.45) is 1.30. The molecule has 0 fully saturated rings. The van der Waals surface area contributed by atoms with Gasteiger partial charge in [-0.15, -0.1) is 0 Å². The van der Waals surface area contributed by atoms with E-state index in [9.17, 15) is 0 Å². The Morgan fingerprint density at radius 3 is 2.52 bits per heavy atom. The standard InChI is InChI=1S/C18H25NOS/c1-5-10-19-18(16-12-21-11-14(16)4)15-8-6-7-9-17(15)20-13(2)3/h6-9,11-13,18-19H,5,10H2,1-4H3. The van der Waals surface area contributed by atoms with Crippen LogP contribution in [0.5, 0.6) is 5.75 Å². The van der Waals surface area contributed by atoms with Crippen LogP contribution in [-0.2, 0) is 0 Å². The quantitative estimate of drug-likeness (QED) is 0.783. The van der Waals surface area contributed by atoms with E-state index >= 15 is 0 Å². The lowest BCUT2D eigenvalue weighted by Gasteiger charge is -2.23. The predicted molar refractivity (Wildman–Crippen MR) is 91.4 cm³/mol. The molecule has 2 aromatic rings. The van der Waals surface area contributed by atoms with Crippen molar-refractivity contribution >= 4 is 11.3 Å². The van der Waals surface area contributed by atoms with Crippen molar-refractivity contribution in [3.63, 3.8) is 0 Å². The molecule has 114 valence electrons. The van der Waals surface area contributed by atoms with Gasteiger partial charge in [0.2, 0.25) is 0 Å². The van der Waals surface area contributed by atoms with E-state index in [1.807, 2.05) is 6.07 Å². The Kier molecular flexibility index (Phi) is 5.83. The molecule has 0 aliphatic heterocycles. The molecule has 0 spiro atoms. The Morgan fingerprint density at radius 2 is 1.90 bits per heavy atom. The van der Waals surface area contributed by atoms with Crippen LogP contribution in [-0.4, -0.2) is 12.6 Å². The van der Waals surface area contributed by atoms with Gasteiger partial charge < -0.3 is 10.1 Å². The minimum Gasteiger partial charge on any atom is -0.491 e. The maximum Gasteiger partial charge on any atom is 0.124 e. The Balaban J connectivity index is 2.39. The summed E-state index contributed by atoms with van der Waals surface area (Å²) in [5, 5.41) is 8.12. The van der Waals surface area contributed by atoms with Gasteiger partial charge in [0.15, 0.2) is 0 Å². The summed E-state index contributed by atoms with van der Waals surface area (Å²) < 4.78 is 6.01. The zero-order valence-electron chi connectivity index (χ0n) is 13.3. The first-order valence-electron chi connectivity index (χ1n) is 7.65. The SMILES string of the molecule is CCCNC(c1cscc1C)c1ccccc1OC(C)C. The molecule has 2 nitrogen and oxygen atoms in total. The van der Waals surface area contributed by atoms with E-state index in [0.717, 1.165) is 18.7 Å². The molecule has 1 aromatic carbocycles. The second-order valence-corrected chi connectivity index (χ2v) is 6.35. The molecule has 1 aromatic heterocycles. The number of rotatable bonds is 7. The Labute approximate surface area is 132 Å². The van der Waals surface area contributed by atoms with Gasteiger partial charge in [0.25, 0.3) is 0 Å². The number of nitrogens with one attached hydrogen (secondary N) is 1. The van der Waals surface area contributed by atoms with Gasteiger partial charge in [-0.3, -0.25) is 0 Å². The van der Waals surface area contributed by atoms with E-state index in [1.54, 1.807) is 11.3 Å². The van der Waals surface area contributed by atoms with Crippen molar-refractivity contribution in [2.24, 2.45) is 0 Å². The summed E-state index contributed by atoms with van der Waals surface area (Å²) in [6, 6.07) is 8.56. The molecule has 0 saturated carbocycles. The average molecular weight is 303 g/mol. The van der Waals surface area contributed by atoms with Crippen LogP contribution < -0.4 is 10.1 Å². The van der Waals surface area contributed by atoms with Gasteiger partial charge >= 0.3 is 0 Å². The zero-order valence-corrected chi connectivity index (χ0v) is 14.2. The van der Waals surface area contributed by atoms with Crippen LogP contribution in [0.25, 0.3) is 0 Å². The Bertz CT molecular complexity index is 562. The van der Waals surface area contributed by atoms with Crippen LogP contribution >= 0.6 is 11.3 Å². The smallest absolute Gasteiger partial charge is 0.124 e. The van der Waals surface area contributed by atoms with E-state index in [1.165, 1.54) is 16.7 Å². The first kappa shape index (κ1) is 16.1. The number of ether oxygens (including phenoxy) is 1. The Morgan fingerprint density at radius 1 is 1.14 bits per heavy atom. The second-order valence-electron chi connectivity index (χ2n) is 5.60. The summed E-state index contributed by atoms with van der Waals surface area (Å²) in [4.78, 5) is 0. The first-order valence-corrected chi connectivity index (χ1v) is 8.59. The molecule has 1 unspecified atom stereocenters. The van der Waals surface area contributed by atoms with Gasteiger partial charge in [0, 0.05) is 5.56 Å². The number of benzene rings is 1. The van der Waals surface area contributed by atoms with Gasteiger partial charge in [-0.05, 0) is 61.7 Å². The van der Waals surface area contributed by atoms with Crippen LogP contribution in [0.2, 0.25) is 0 Å². The average Bonchev–Trinajstić information content (AvgIpc) is 2.87. The zero-order chi connectivity index (χ0) is 15.2. The summed E-state index contributed by atoms with van der Waals surface area (Å²) in [5.41, 5.74) is 3.92. The molecule has 0 bridgehead atoms. The van der Waals surface area contributed by atoms with Crippen molar-refractivity contribution in [3.8, 4) is 5.75 Å². The van der Waals surface area contributed by atoms with Crippen LogP contribution in [0.1, 0.15) is 49.9 Å². The molecule has 2 rings (SSSR count). The summed E-state index contributed by atoms with van der Waals surface area (Å²) in [6.45, 7) is 9.51.